The highest BCUT2D eigenvalue weighted by Crippen LogP contribution is 2.31. The molecule has 4 nitrogen and oxygen atoms in total. The number of piperidine rings is 1. The molecule has 2 heterocycles. The van der Waals surface area contributed by atoms with Gasteiger partial charge in [0.25, 0.3) is 0 Å². The molecule has 1 N–H and O–H groups in total. The van der Waals surface area contributed by atoms with Crippen molar-refractivity contribution in [1.82, 2.24) is 10.3 Å². The van der Waals surface area contributed by atoms with Gasteiger partial charge in [-0.15, -0.1) is 0 Å². The van der Waals surface area contributed by atoms with Crippen LogP contribution in [0.25, 0.3) is 10.9 Å². The Kier molecular flexibility index (Phi) is 4.10. The molecule has 110 valence electrons. The highest BCUT2D eigenvalue weighted by molar-refractivity contribution is 9.10. The Labute approximate surface area is 132 Å². The highest BCUT2D eigenvalue weighted by atomic mass is 79.9. The van der Waals surface area contributed by atoms with Gasteiger partial charge in [0.15, 0.2) is 0 Å². The van der Waals surface area contributed by atoms with Crippen LogP contribution < -0.4 is 10.2 Å². The number of nitrogens with one attached hydrogen (secondary N) is 1. The summed E-state index contributed by atoms with van der Waals surface area (Å²) in [5.74, 6) is 0.0618. The standard InChI is InChI=1S/C16H18BrN3O/c1-11(21)19-12-6-9-20(10-7-12)15-5-8-18-16-13(15)3-2-4-14(16)17/h2-5,8,12H,6-7,9-10H2,1H3,(H,19,21). The molecule has 3 rings (SSSR count). The van der Waals surface area contributed by atoms with Gasteiger partial charge in [-0.1, -0.05) is 12.1 Å². The van der Waals surface area contributed by atoms with Gasteiger partial charge in [-0.2, -0.15) is 0 Å². The van der Waals surface area contributed by atoms with Crippen molar-refractivity contribution in [3.05, 3.63) is 34.9 Å². The first kappa shape index (κ1) is 14.3. The minimum atomic E-state index is 0.0618. The van der Waals surface area contributed by atoms with Crippen LogP contribution in [0.1, 0.15) is 19.8 Å². The molecule has 0 spiro atoms. The largest absolute Gasteiger partial charge is 0.371 e. The van der Waals surface area contributed by atoms with E-state index in [1.807, 2.05) is 18.3 Å². The van der Waals surface area contributed by atoms with Crippen molar-refractivity contribution in [2.45, 2.75) is 25.8 Å². The number of amides is 1. The summed E-state index contributed by atoms with van der Waals surface area (Å²) in [4.78, 5) is 18.0. The maximum absolute atomic E-state index is 11.1. The number of carbonyl (C=O) groups is 1. The molecule has 1 amide bonds. The van der Waals surface area contributed by atoms with Gasteiger partial charge in [0, 0.05) is 47.8 Å². The normalized spacial score (nSPS) is 16.2. The molecule has 1 saturated heterocycles. The number of nitrogens with zero attached hydrogens (tertiary/aromatic N) is 2. The first-order valence-corrected chi connectivity index (χ1v) is 8.00. The third-order valence-electron chi connectivity index (χ3n) is 3.94. The molecule has 0 atom stereocenters. The number of benzene rings is 1. The van der Waals surface area contributed by atoms with Crippen LogP contribution in [0.4, 0.5) is 5.69 Å². The number of hydrogen-bond acceptors (Lipinski definition) is 3. The van der Waals surface area contributed by atoms with Crippen LogP contribution in [0.15, 0.2) is 34.9 Å². The average molecular weight is 348 g/mol. The van der Waals surface area contributed by atoms with Crippen LogP contribution in [-0.4, -0.2) is 30.0 Å². The number of halogens is 1. The van der Waals surface area contributed by atoms with E-state index < -0.39 is 0 Å². The summed E-state index contributed by atoms with van der Waals surface area (Å²) in [6.45, 7) is 3.49. The number of anilines is 1. The molecule has 1 aromatic heterocycles. The van der Waals surface area contributed by atoms with Crippen molar-refractivity contribution in [1.29, 1.82) is 0 Å². The molecule has 0 radical (unpaired) electrons. The number of para-hydroxylation sites is 1. The second-order valence-electron chi connectivity index (χ2n) is 5.43. The molecule has 0 unspecified atom stereocenters. The summed E-state index contributed by atoms with van der Waals surface area (Å²) < 4.78 is 1.02. The van der Waals surface area contributed by atoms with Gasteiger partial charge in [-0.05, 0) is 40.9 Å². The van der Waals surface area contributed by atoms with E-state index in [-0.39, 0.29) is 5.91 Å². The Morgan fingerprint density at radius 1 is 1.33 bits per heavy atom. The van der Waals surface area contributed by atoms with E-state index >= 15 is 0 Å². The topological polar surface area (TPSA) is 45.2 Å². The van der Waals surface area contributed by atoms with Crippen LogP contribution in [0.5, 0.6) is 0 Å². The Hall–Kier alpha value is -1.62. The van der Waals surface area contributed by atoms with E-state index in [1.54, 1.807) is 6.92 Å². The fraction of sp³-hybridized carbons (Fsp3) is 0.375. The zero-order valence-electron chi connectivity index (χ0n) is 12.0. The van der Waals surface area contributed by atoms with Crippen molar-refractivity contribution in [3.8, 4) is 0 Å². The van der Waals surface area contributed by atoms with Crippen LogP contribution in [0.3, 0.4) is 0 Å². The van der Waals surface area contributed by atoms with Crippen molar-refractivity contribution in [2.24, 2.45) is 0 Å². The number of hydrogen-bond donors (Lipinski definition) is 1. The van der Waals surface area contributed by atoms with Crippen molar-refractivity contribution < 1.29 is 4.79 Å². The maximum Gasteiger partial charge on any atom is 0.217 e. The van der Waals surface area contributed by atoms with Crippen molar-refractivity contribution in [3.63, 3.8) is 0 Å². The predicted molar refractivity (Wildman–Crippen MR) is 88.5 cm³/mol. The monoisotopic (exact) mass is 347 g/mol. The molecule has 1 aliphatic heterocycles. The van der Waals surface area contributed by atoms with Gasteiger partial charge in [-0.3, -0.25) is 9.78 Å². The van der Waals surface area contributed by atoms with E-state index in [4.69, 9.17) is 0 Å². The van der Waals surface area contributed by atoms with Crippen LogP contribution in [0.2, 0.25) is 0 Å². The summed E-state index contributed by atoms with van der Waals surface area (Å²) >= 11 is 3.56. The minimum Gasteiger partial charge on any atom is -0.371 e. The number of rotatable bonds is 2. The molecular formula is C16H18BrN3O. The van der Waals surface area contributed by atoms with Crippen molar-refractivity contribution in [2.75, 3.05) is 18.0 Å². The summed E-state index contributed by atoms with van der Waals surface area (Å²) in [7, 11) is 0. The van der Waals surface area contributed by atoms with Gasteiger partial charge < -0.3 is 10.2 Å². The third kappa shape index (κ3) is 3.02. The summed E-state index contributed by atoms with van der Waals surface area (Å²) in [6, 6.07) is 8.55. The smallest absolute Gasteiger partial charge is 0.217 e. The SMILES string of the molecule is CC(=O)NC1CCN(c2ccnc3c(Br)cccc23)CC1. The first-order valence-electron chi connectivity index (χ1n) is 7.20. The lowest BCUT2D eigenvalue weighted by Gasteiger charge is -2.34. The number of carbonyl (C=O) groups excluding carboxylic acids is 1. The lowest BCUT2D eigenvalue weighted by molar-refractivity contribution is -0.119. The molecule has 1 fully saturated rings. The van der Waals surface area contributed by atoms with Crippen LogP contribution >= 0.6 is 15.9 Å². The lowest BCUT2D eigenvalue weighted by atomic mass is 10.0. The van der Waals surface area contributed by atoms with Gasteiger partial charge >= 0.3 is 0 Å². The molecule has 1 aliphatic rings. The third-order valence-corrected chi connectivity index (χ3v) is 4.58. The summed E-state index contributed by atoms with van der Waals surface area (Å²) in [5.41, 5.74) is 2.22. The molecule has 0 aliphatic carbocycles. The zero-order chi connectivity index (χ0) is 14.8. The molecular weight excluding hydrogens is 330 g/mol. The number of fused-ring (bicyclic) bond motifs is 1. The minimum absolute atomic E-state index is 0.0618. The Morgan fingerprint density at radius 2 is 2.10 bits per heavy atom. The quantitative estimate of drug-likeness (QED) is 0.907. The number of pyridine rings is 1. The van der Waals surface area contributed by atoms with Crippen molar-refractivity contribution >= 4 is 38.4 Å². The van der Waals surface area contributed by atoms with E-state index in [0.717, 1.165) is 35.9 Å². The van der Waals surface area contributed by atoms with Gasteiger partial charge in [0.1, 0.15) is 0 Å². The summed E-state index contributed by atoms with van der Waals surface area (Å²) in [6.07, 6.45) is 3.83. The Balaban J connectivity index is 1.83. The second-order valence-corrected chi connectivity index (χ2v) is 6.28. The van der Waals surface area contributed by atoms with Gasteiger partial charge in [0.2, 0.25) is 5.91 Å². The predicted octanol–water partition coefficient (Wildman–Crippen LogP) is 3.10. The molecule has 21 heavy (non-hydrogen) atoms. The zero-order valence-corrected chi connectivity index (χ0v) is 13.6. The Morgan fingerprint density at radius 3 is 2.81 bits per heavy atom. The molecule has 0 saturated carbocycles. The molecule has 1 aromatic carbocycles. The summed E-state index contributed by atoms with van der Waals surface area (Å²) in [5, 5.41) is 4.19. The molecule has 0 bridgehead atoms. The number of aromatic nitrogens is 1. The van der Waals surface area contributed by atoms with Gasteiger partial charge in [-0.25, -0.2) is 0 Å². The lowest BCUT2D eigenvalue weighted by Crippen LogP contribution is -2.44. The van der Waals surface area contributed by atoms with E-state index in [9.17, 15) is 4.79 Å². The first-order chi connectivity index (χ1) is 10.1. The maximum atomic E-state index is 11.1. The van der Waals surface area contributed by atoms with E-state index in [1.165, 1.54) is 11.1 Å². The average Bonchev–Trinajstić information content (AvgIpc) is 2.48. The van der Waals surface area contributed by atoms with E-state index in [0.29, 0.717) is 6.04 Å². The Bertz CT molecular complexity index is 666. The fourth-order valence-corrected chi connectivity index (χ4v) is 3.42. The van der Waals surface area contributed by atoms with E-state index in [2.05, 4.69) is 43.3 Å². The molecule has 2 aromatic rings. The van der Waals surface area contributed by atoms with Crippen LogP contribution in [0, 0.1) is 0 Å². The van der Waals surface area contributed by atoms with Gasteiger partial charge in [0.05, 0.1) is 5.52 Å². The fourth-order valence-electron chi connectivity index (χ4n) is 2.95. The second kappa shape index (κ2) is 6.02. The van der Waals surface area contributed by atoms with Crippen LogP contribution in [-0.2, 0) is 4.79 Å². The highest BCUT2D eigenvalue weighted by Gasteiger charge is 2.21. The molecule has 5 heteroatoms.